The molecular formula is C118H140N6O2Si2. The van der Waals surface area contributed by atoms with Crippen molar-refractivity contribution in [2.75, 3.05) is 26.2 Å². The molecule has 0 saturated carbocycles. The first kappa shape index (κ1) is 100. The third-order valence-electron chi connectivity index (χ3n) is 21.9. The van der Waals surface area contributed by atoms with Crippen molar-refractivity contribution in [2.24, 2.45) is 20.7 Å². The molecule has 0 aliphatic heterocycles. The molecule has 0 aliphatic carbocycles. The minimum atomic E-state index is -2.00. The third kappa shape index (κ3) is 29.7. The topological polar surface area (TPSA) is 74.4 Å². The number of hydrogen-bond donors (Lipinski definition) is 0. The van der Waals surface area contributed by atoms with Crippen molar-refractivity contribution < 1.29 is 9.47 Å². The molecule has 0 saturated heterocycles. The van der Waals surface area contributed by atoms with E-state index in [1.807, 2.05) is 58.5 Å². The lowest BCUT2D eigenvalue weighted by Crippen LogP contribution is -2.17. The molecule has 0 unspecified atom stereocenters. The predicted octanol–water partition coefficient (Wildman–Crippen LogP) is 28.8. The van der Waals surface area contributed by atoms with E-state index in [2.05, 4.69) is 457 Å². The maximum absolute atomic E-state index is 7.28. The van der Waals surface area contributed by atoms with Crippen LogP contribution in [0.25, 0.3) is 0 Å². The fraction of sp³-hybridized carbons (Fsp3) is 0.407. The average Bonchev–Trinajstić information content (AvgIpc) is 0.652. The van der Waals surface area contributed by atoms with Gasteiger partial charge >= 0.3 is 0 Å². The van der Waals surface area contributed by atoms with E-state index < -0.39 is 16.1 Å². The molecule has 9 aromatic rings. The summed E-state index contributed by atoms with van der Waals surface area (Å²) in [5.74, 6) is 53.4. The second-order valence-electron chi connectivity index (χ2n) is 44.0. The largest absolute Gasteiger partial charge is 0.489 e. The van der Waals surface area contributed by atoms with Gasteiger partial charge in [0.05, 0.1) is 22.5 Å². The van der Waals surface area contributed by atoms with E-state index in [1.165, 1.54) is 22.3 Å². The van der Waals surface area contributed by atoms with E-state index >= 15 is 0 Å². The average molecular weight is 1730 g/mol. The Labute approximate surface area is 775 Å². The highest BCUT2D eigenvalue weighted by atomic mass is 28.3. The third-order valence-corrected chi connectivity index (χ3v) is 23.7. The molecule has 0 aromatic heterocycles. The van der Waals surface area contributed by atoms with Crippen LogP contribution in [0.4, 0.5) is 11.4 Å². The number of benzene rings is 9. The Morgan fingerprint density at radius 1 is 0.258 bits per heavy atom. The maximum atomic E-state index is 7.28. The summed E-state index contributed by atoms with van der Waals surface area (Å²) in [5.41, 5.74) is 29.4. The van der Waals surface area contributed by atoms with E-state index in [-0.39, 0.29) is 56.5 Å². The molecule has 9 aromatic carbocycles. The molecule has 0 bridgehead atoms. The minimum absolute atomic E-state index is 0.152. The first-order chi connectivity index (χ1) is 59.4. The summed E-state index contributed by atoms with van der Waals surface area (Å²) >= 11 is 0. The summed E-state index contributed by atoms with van der Waals surface area (Å²) in [6.45, 7) is 79.3. The lowest BCUT2D eigenvalue weighted by atomic mass is 9.80. The fourth-order valence-corrected chi connectivity index (χ4v) is 14.4. The minimum Gasteiger partial charge on any atom is -0.489 e. The van der Waals surface area contributed by atoms with Crippen LogP contribution in [0.5, 0.6) is 11.5 Å². The summed E-state index contributed by atoms with van der Waals surface area (Å²) in [4.78, 5) is 0. The van der Waals surface area contributed by atoms with Gasteiger partial charge in [0.15, 0.2) is 0 Å². The van der Waals surface area contributed by atoms with Crippen molar-refractivity contribution in [3.8, 4) is 105 Å². The first-order valence-electron chi connectivity index (χ1n) is 45.6. The van der Waals surface area contributed by atoms with E-state index in [9.17, 15) is 0 Å². The van der Waals surface area contributed by atoms with Crippen molar-refractivity contribution in [1.29, 1.82) is 0 Å². The van der Waals surface area contributed by atoms with Gasteiger partial charge < -0.3 is 9.47 Å². The van der Waals surface area contributed by atoms with Crippen LogP contribution in [0.1, 0.15) is 327 Å². The van der Waals surface area contributed by atoms with E-state index in [1.54, 1.807) is 0 Å². The van der Waals surface area contributed by atoms with Crippen molar-refractivity contribution in [1.82, 2.24) is 10.0 Å². The normalized spacial score (nSPS) is 12.1. The first-order valence-corrected chi connectivity index (χ1v) is 52.6. The molecule has 0 atom stereocenters. The predicted molar refractivity (Wildman–Crippen MR) is 547 cm³/mol. The molecular weight excluding hydrogens is 1590 g/mol. The van der Waals surface area contributed by atoms with Gasteiger partial charge in [-0.3, -0.25) is 10.0 Å². The molecule has 0 amide bonds. The van der Waals surface area contributed by atoms with Crippen LogP contribution in [0.2, 0.25) is 39.3 Å². The van der Waals surface area contributed by atoms with Crippen molar-refractivity contribution in [2.45, 2.75) is 290 Å². The van der Waals surface area contributed by atoms with Crippen LogP contribution in [-0.2, 0) is 56.5 Å². The fourth-order valence-electron chi connectivity index (χ4n) is 13.4. The monoisotopic (exact) mass is 1730 g/mol. The molecule has 0 heterocycles. The smallest absolute Gasteiger partial charge is 0.129 e. The summed E-state index contributed by atoms with van der Waals surface area (Å²) in [5, 5.41) is 21.9. The van der Waals surface area contributed by atoms with Gasteiger partial charge in [0.2, 0.25) is 0 Å². The molecule has 128 heavy (non-hydrogen) atoms. The molecule has 0 spiro atoms. The number of rotatable bonds is 14. The van der Waals surface area contributed by atoms with E-state index in [4.69, 9.17) is 9.47 Å². The van der Waals surface area contributed by atoms with Crippen LogP contribution in [0.3, 0.4) is 0 Å². The zero-order valence-electron chi connectivity index (χ0n) is 83.8. The molecule has 0 aliphatic rings. The Bertz CT molecular complexity index is 5780. The summed E-state index contributed by atoms with van der Waals surface area (Å²) in [6.07, 6.45) is 0. The van der Waals surface area contributed by atoms with Gasteiger partial charge in [-0.1, -0.05) is 323 Å². The SMILES string of the molecule is CCN(CC)N=Nc1cccc(C#Cc2cc(C#Cc3cc(C(C)(C)C)cc(C#C[Si](C)(C)C)c3C#Cc3cc(COc4cc(C(C)(C)C)cc(C(C)(C)C)c4)c(C#Cc4c(C#Cc5cc(C#Cc6cccc(N=NN(CC)CC)c6)cc(C(C)(C)C)c5)cc(C(C)(C)C)cc4C#C[Si](C)(C)C)cc3COc3cc(C(C)(C)C)cc(C(C)(C)C)c3)cc(C(C)(C)C)c2)c1. The molecule has 0 N–H and O–H groups in total. The number of ether oxygens (including phenoxy) is 2. The maximum Gasteiger partial charge on any atom is 0.129 e. The second kappa shape index (κ2) is 40.7. The Morgan fingerprint density at radius 3 is 0.781 bits per heavy atom. The highest BCUT2D eigenvalue weighted by molar-refractivity contribution is 6.84. The second-order valence-corrected chi connectivity index (χ2v) is 53.5. The zero-order chi connectivity index (χ0) is 94.5. The van der Waals surface area contributed by atoms with Gasteiger partial charge in [-0.15, -0.1) is 21.3 Å². The standard InChI is InChI=1S/C118H140N6O2Si2/c1-35-123(36-2)121-119-105-43-39-41-83(67-105)45-47-85-61-87(65-97(63-85)111(5,6)7)49-51-91-71-99(113(11,12)13)73-93(57-59-127(29,30)31)109(91)55-53-89-69-96(82-126-108-79-103(117(23,24)25)76-104(80-108)118(26,27)28)90(70-95(89)81-125-107-77-101(115(17,18)19)75-102(78-107)116(20,21)22)54-56-110-92(72-100(114(14,15)16)74-94(110)58-60-128(32,33)34)52-50-88-62-86(64-98(66-88)112(8,9)10)48-46-84-42-40-44-106(68-84)120-122-124(37-3)38-4/h39-44,61-80H,35-38,81-82H2,1-34H3. The Hall–Kier alpha value is -11.7. The zero-order valence-corrected chi connectivity index (χ0v) is 85.8. The summed E-state index contributed by atoms with van der Waals surface area (Å²) in [6, 6.07) is 55.5. The number of hydrogen-bond acceptors (Lipinski definition) is 6. The van der Waals surface area contributed by atoms with Crippen LogP contribution in [0.15, 0.2) is 178 Å². The molecule has 10 heteroatoms. The van der Waals surface area contributed by atoms with Gasteiger partial charge in [-0.2, -0.15) is 0 Å². The van der Waals surface area contributed by atoms with E-state index in [0.29, 0.717) is 0 Å². The number of nitrogens with zero attached hydrogens (tertiary/aromatic N) is 6. The van der Waals surface area contributed by atoms with Gasteiger partial charge in [-0.25, -0.2) is 0 Å². The van der Waals surface area contributed by atoms with Gasteiger partial charge in [0, 0.05) is 104 Å². The van der Waals surface area contributed by atoms with Crippen LogP contribution in [-0.4, -0.2) is 52.3 Å². The van der Waals surface area contributed by atoms with Gasteiger partial charge in [0.25, 0.3) is 0 Å². The van der Waals surface area contributed by atoms with Gasteiger partial charge in [0.1, 0.15) is 40.9 Å². The van der Waals surface area contributed by atoms with Crippen LogP contribution in [0, 0.1) is 94.0 Å². The lowest BCUT2D eigenvalue weighted by Gasteiger charge is -2.26. The van der Waals surface area contributed by atoms with Crippen molar-refractivity contribution in [3.63, 3.8) is 0 Å². The van der Waals surface area contributed by atoms with Crippen molar-refractivity contribution >= 4 is 27.5 Å². The Balaban J connectivity index is 1.37. The molecule has 8 nitrogen and oxygen atoms in total. The molecule has 0 radical (unpaired) electrons. The molecule has 9 rings (SSSR count). The Morgan fingerprint density at radius 2 is 0.508 bits per heavy atom. The lowest BCUT2D eigenvalue weighted by molar-refractivity contribution is 0.300. The quantitative estimate of drug-likeness (QED) is 0.0471. The van der Waals surface area contributed by atoms with Crippen molar-refractivity contribution in [3.05, 3.63) is 291 Å². The Kier molecular flexibility index (Phi) is 31.8. The summed E-state index contributed by atoms with van der Waals surface area (Å²) < 4.78 is 14.6. The highest BCUT2D eigenvalue weighted by Crippen LogP contribution is 2.38. The highest BCUT2D eigenvalue weighted by Gasteiger charge is 2.27. The summed E-state index contributed by atoms with van der Waals surface area (Å²) in [7, 11) is -3.99. The van der Waals surface area contributed by atoms with Crippen LogP contribution < -0.4 is 9.47 Å². The molecule has 662 valence electrons. The van der Waals surface area contributed by atoms with E-state index in [0.717, 1.165) is 160 Å². The molecule has 0 fully saturated rings. The van der Waals surface area contributed by atoms with Gasteiger partial charge in [-0.05, 0) is 249 Å². The van der Waals surface area contributed by atoms with Crippen LogP contribution >= 0.6 is 0 Å².